The molecule has 2 aromatic carbocycles. The first kappa shape index (κ1) is 23.6. The Hall–Kier alpha value is -4.15. The van der Waals surface area contributed by atoms with Crippen molar-refractivity contribution in [3.8, 4) is 11.3 Å². The molecule has 0 radical (unpaired) electrons. The van der Waals surface area contributed by atoms with E-state index in [1.54, 1.807) is 26.0 Å². The molecule has 10 heteroatoms. The summed E-state index contributed by atoms with van der Waals surface area (Å²) in [5.41, 5.74) is 2.54. The summed E-state index contributed by atoms with van der Waals surface area (Å²) in [6, 6.07) is 17.9. The van der Waals surface area contributed by atoms with Gasteiger partial charge in [-0.05, 0) is 31.5 Å². The maximum atomic E-state index is 13.3. The molecule has 180 valence electrons. The van der Waals surface area contributed by atoms with Crippen LogP contribution in [0.2, 0.25) is 0 Å². The highest BCUT2D eigenvalue weighted by atomic mass is 32.1. The fraction of sp³-hybridized carbons (Fsp3) is 0.115. The summed E-state index contributed by atoms with van der Waals surface area (Å²) >= 11 is 2.46. The highest BCUT2D eigenvalue weighted by Crippen LogP contribution is 2.29. The number of thiophene rings is 1. The van der Waals surface area contributed by atoms with Crippen molar-refractivity contribution in [2.75, 3.05) is 10.6 Å². The zero-order valence-corrected chi connectivity index (χ0v) is 21.0. The fourth-order valence-electron chi connectivity index (χ4n) is 3.75. The summed E-state index contributed by atoms with van der Waals surface area (Å²) in [6.45, 7) is 3.35. The Labute approximate surface area is 214 Å². The molecule has 0 aliphatic rings. The second kappa shape index (κ2) is 9.84. The highest BCUT2D eigenvalue weighted by Gasteiger charge is 2.23. The lowest BCUT2D eigenvalue weighted by Crippen LogP contribution is -2.31. The molecule has 0 fully saturated rings. The molecule has 5 aromatic rings. The number of carbonyl (C=O) groups excluding carboxylic acids is 2. The molecule has 0 aliphatic heterocycles. The number of hydrogen-bond donors (Lipinski definition) is 2. The standard InChI is InChI=1S/C26H21N5O3S2/c1-15-20-24(36-21(15)23(33)28-18-11-7-4-8-12-18)27-14-31(25(20)34)16(2)22(32)30-26-29-19(13-35-26)17-9-5-3-6-10-17/h3-14,16H,1-2H3,(H,28,33)(H,29,30,32). The number of hydrogen-bond acceptors (Lipinski definition) is 7. The number of benzene rings is 2. The quantitative estimate of drug-likeness (QED) is 0.317. The minimum atomic E-state index is -0.834. The van der Waals surface area contributed by atoms with E-state index in [1.807, 2.05) is 53.9 Å². The van der Waals surface area contributed by atoms with Gasteiger partial charge in [-0.15, -0.1) is 22.7 Å². The summed E-state index contributed by atoms with van der Waals surface area (Å²) < 4.78 is 1.28. The van der Waals surface area contributed by atoms with E-state index >= 15 is 0 Å². The number of amides is 2. The Bertz CT molecular complexity index is 1620. The van der Waals surface area contributed by atoms with E-state index in [-0.39, 0.29) is 17.4 Å². The normalized spacial score (nSPS) is 11.8. The number of anilines is 2. The molecule has 2 amide bonds. The van der Waals surface area contributed by atoms with Crippen LogP contribution >= 0.6 is 22.7 Å². The third-order valence-corrected chi connectivity index (χ3v) is 7.67. The summed E-state index contributed by atoms with van der Waals surface area (Å²) in [5, 5.41) is 8.28. The zero-order chi connectivity index (χ0) is 25.2. The smallest absolute Gasteiger partial charge is 0.266 e. The Morgan fingerprint density at radius 2 is 1.69 bits per heavy atom. The molecule has 36 heavy (non-hydrogen) atoms. The third kappa shape index (κ3) is 4.56. The topological polar surface area (TPSA) is 106 Å². The molecular weight excluding hydrogens is 494 g/mol. The SMILES string of the molecule is Cc1c(C(=O)Nc2ccccc2)sc2ncn(C(C)C(=O)Nc3nc(-c4ccccc4)cs3)c(=O)c12. The van der Waals surface area contributed by atoms with Gasteiger partial charge in [-0.2, -0.15) is 0 Å². The summed E-state index contributed by atoms with van der Waals surface area (Å²) in [7, 11) is 0. The minimum Gasteiger partial charge on any atom is -0.321 e. The van der Waals surface area contributed by atoms with Crippen molar-refractivity contribution in [3.63, 3.8) is 0 Å². The fourth-order valence-corrected chi connectivity index (χ4v) is 5.50. The Kier molecular flexibility index (Phi) is 6.45. The number of carbonyl (C=O) groups is 2. The van der Waals surface area contributed by atoms with Gasteiger partial charge in [-0.3, -0.25) is 19.0 Å². The first-order valence-electron chi connectivity index (χ1n) is 11.1. The van der Waals surface area contributed by atoms with Gasteiger partial charge in [0.25, 0.3) is 11.5 Å². The summed E-state index contributed by atoms with van der Waals surface area (Å²) in [5.74, 6) is -0.696. The second-order valence-electron chi connectivity index (χ2n) is 8.08. The maximum absolute atomic E-state index is 13.3. The molecule has 0 bridgehead atoms. The van der Waals surface area contributed by atoms with Crippen molar-refractivity contribution < 1.29 is 9.59 Å². The predicted octanol–water partition coefficient (Wildman–Crippen LogP) is 5.34. The molecule has 0 aliphatic carbocycles. The van der Waals surface area contributed by atoms with Crippen molar-refractivity contribution in [2.24, 2.45) is 0 Å². The third-order valence-electron chi connectivity index (χ3n) is 5.71. The first-order chi connectivity index (χ1) is 17.4. The van der Waals surface area contributed by atoms with Crippen LogP contribution in [0.25, 0.3) is 21.5 Å². The van der Waals surface area contributed by atoms with Crippen LogP contribution in [0.1, 0.15) is 28.2 Å². The summed E-state index contributed by atoms with van der Waals surface area (Å²) in [4.78, 5) is 48.8. The van der Waals surface area contributed by atoms with Crippen molar-refractivity contribution in [1.82, 2.24) is 14.5 Å². The first-order valence-corrected chi connectivity index (χ1v) is 12.8. The lowest BCUT2D eigenvalue weighted by atomic mass is 10.2. The average molecular weight is 516 g/mol. The van der Waals surface area contributed by atoms with Crippen LogP contribution in [0, 0.1) is 6.92 Å². The van der Waals surface area contributed by atoms with Gasteiger partial charge in [0.05, 0.1) is 22.3 Å². The largest absolute Gasteiger partial charge is 0.321 e. The van der Waals surface area contributed by atoms with E-state index in [1.165, 1.54) is 22.2 Å². The van der Waals surface area contributed by atoms with Crippen LogP contribution in [0.5, 0.6) is 0 Å². The molecule has 8 nitrogen and oxygen atoms in total. The van der Waals surface area contributed by atoms with Crippen molar-refractivity contribution >= 4 is 55.5 Å². The van der Waals surface area contributed by atoms with Gasteiger partial charge in [0.1, 0.15) is 10.9 Å². The Balaban J connectivity index is 1.38. The van der Waals surface area contributed by atoms with Crippen LogP contribution in [-0.2, 0) is 4.79 Å². The van der Waals surface area contributed by atoms with Gasteiger partial charge in [-0.1, -0.05) is 48.5 Å². The number of para-hydroxylation sites is 1. The monoisotopic (exact) mass is 515 g/mol. The molecule has 1 atom stereocenters. The van der Waals surface area contributed by atoms with Gasteiger partial charge in [0.15, 0.2) is 5.13 Å². The van der Waals surface area contributed by atoms with Crippen LogP contribution in [0.15, 0.2) is 77.2 Å². The van der Waals surface area contributed by atoms with E-state index < -0.39 is 6.04 Å². The number of thiazole rings is 1. The average Bonchev–Trinajstić information content (AvgIpc) is 3.50. The van der Waals surface area contributed by atoms with Gasteiger partial charge in [0, 0.05) is 16.6 Å². The predicted molar refractivity (Wildman–Crippen MR) is 144 cm³/mol. The highest BCUT2D eigenvalue weighted by molar-refractivity contribution is 7.20. The summed E-state index contributed by atoms with van der Waals surface area (Å²) in [6.07, 6.45) is 1.35. The zero-order valence-electron chi connectivity index (χ0n) is 19.4. The van der Waals surface area contributed by atoms with E-state index in [9.17, 15) is 14.4 Å². The molecule has 3 aromatic heterocycles. The number of aryl methyl sites for hydroxylation is 1. The Morgan fingerprint density at radius 3 is 2.42 bits per heavy atom. The minimum absolute atomic E-state index is 0.309. The number of nitrogens with one attached hydrogen (secondary N) is 2. The molecule has 5 rings (SSSR count). The molecule has 3 heterocycles. The molecule has 0 saturated heterocycles. The van der Waals surface area contributed by atoms with E-state index in [0.717, 1.165) is 22.6 Å². The van der Waals surface area contributed by atoms with Gasteiger partial charge in [0.2, 0.25) is 5.91 Å². The van der Waals surface area contributed by atoms with E-state index in [2.05, 4.69) is 20.6 Å². The number of rotatable bonds is 6. The maximum Gasteiger partial charge on any atom is 0.266 e. The van der Waals surface area contributed by atoms with Crippen LogP contribution in [0.3, 0.4) is 0 Å². The van der Waals surface area contributed by atoms with Crippen LogP contribution in [0.4, 0.5) is 10.8 Å². The molecule has 1 unspecified atom stereocenters. The Morgan fingerprint density at radius 1 is 1.00 bits per heavy atom. The molecule has 0 spiro atoms. The van der Waals surface area contributed by atoms with Gasteiger partial charge < -0.3 is 10.6 Å². The molecular formula is C26H21N5O3S2. The van der Waals surface area contributed by atoms with Crippen molar-refractivity contribution in [2.45, 2.75) is 19.9 Å². The lowest BCUT2D eigenvalue weighted by molar-refractivity contribution is -0.118. The second-order valence-corrected chi connectivity index (χ2v) is 9.94. The number of nitrogens with zero attached hydrogens (tertiary/aromatic N) is 3. The number of aromatic nitrogens is 3. The van der Waals surface area contributed by atoms with E-state index in [4.69, 9.17) is 0 Å². The molecule has 2 N–H and O–H groups in total. The number of fused-ring (bicyclic) bond motifs is 1. The van der Waals surface area contributed by atoms with Gasteiger partial charge in [-0.25, -0.2) is 9.97 Å². The lowest BCUT2D eigenvalue weighted by Gasteiger charge is -2.13. The van der Waals surface area contributed by atoms with E-state index in [0.29, 0.717) is 31.5 Å². The van der Waals surface area contributed by atoms with Crippen molar-refractivity contribution in [1.29, 1.82) is 0 Å². The van der Waals surface area contributed by atoms with Crippen molar-refractivity contribution in [3.05, 3.63) is 93.2 Å². The van der Waals surface area contributed by atoms with Gasteiger partial charge >= 0.3 is 0 Å². The van der Waals surface area contributed by atoms with Crippen LogP contribution < -0.4 is 16.2 Å². The molecule has 0 saturated carbocycles. The van der Waals surface area contributed by atoms with Crippen LogP contribution in [-0.4, -0.2) is 26.3 Å².